The van der Waals surface area contributed by atoms with Crippen molar-refractivity contribution in [3.8, 4) is 0 Å². The van der Waals surface area contributed by atoms with E-state index in [4.69, 9.17) is 5.11 Å². The summed E-state index contributed by atoms with van der Waals surface area (Å²) in [6.45, 7) is 0.564. The van der Waals surface area contributed by atoms with Crippen molar-refractivity contribution in [1.82, 2.24) is 5.32 Å². The van der Waals surface area contributed by atoms with Gasteiger partial charge in [-0.1, -0.05) is 40.2 Å². The summed E-state index contributed by atoms with van der Waals surface area (Å²) < 4.78 is 1.04. The van der Waals surface area contributed by atoms with E-state index >= 15 is 0 Å². The Labute approximate surface area is 149 Å². The molecular weight excluding hydrogens is 370 g/mol. The minimum atomic E-state index is -0.928. The highest BCUT2D eigenvalue weighted by Gasteiger charge is 2.43. The summed E-state index contributed by atoms with van der Waals surface area (Å²) in [6.07, 6.45) is 1.60. The van der Waals surface area contributed by atoms with Gasteiger partial charge in [-0.2, -0.15) is 0 Å². The molecule has 0 aromatic heterocycles. The van der Waals surface area contributed by atoms with Crippen molar-refractivity contribution < 1.29 is 14.7 Å². The van der Waals surface area contributed by atoms with Crippen LogP contribution in [0, 0.1) is 5.92 Å². The Hall–Kier alpha value is -2.14. The molecule has 1 aliphatic carbocycles. The highest BCUT2D eigenvalue weighted by atomic mass is 79.9. The van der Waals surface area contributed by atoms with Crippen LogP contribution in [0.1, 0.15) is 33.8 Å². The Balaban J connectivity index is 1.45. The molecule has 4 nitrogen and oxygen atoms in total. The van der Waals surface area contributed by atoms with Crippen molar-refractivity contribution in [1.29, 1.82) is 0 Å². The quantitative estimate of drug-likeness (QED) is 0.795. The maximum absolute atomic E-state index is 12.2. The number of nitrogens with one attached hydrogen (secondary N) is 1. The van der Waals surface area contributed by atoms with Gasteiger partial charge in [0, 0.05) is 16.9 Å². The first-order valence-electron chi connectivity index (χ1n) is 7.90. The molecule has 1 saturated carbocycles. The van der Waals surface area contributed by atoms with E-state index in [1.165, 1.54) is 5.56 Å². The SMILES string of the molecule is O=C(O)c1ccc(CCNC(=O)C2CC2c2ccc(Br)cc2)cc1. The number of benzene rings is 2. The molecule has 0 heterocycles. The zero-order valence-corrected chi connectivity index (χ0v) is 14.6. The lowest BCUT2D eigenvalue weighted by molar-refractivity contribution is -0.122. The fraction of sp³-hybridized carbons (Fsp3) is 0.263. The van der Waals surface area contributed by atoms with Crippen LogP contribution in [0.2, 0.25) is 0 Å². The van der Waals surface area contributed by atoms with Crippen LogP contribution in [0.15, 0.2) is 53.0 Å². The molecule has 0 saturated heterocycles. The monoisotopic (exact) mass is 387 g/mol. The Bertz CT molecular complexity index is 740. The fourth-order valence-electron chi connectivity index (χ4n) is 2.84. The molecule has 0 aliphatic heterocycles. The molecule has 2 N–H and O–H groups in total. The van der Waals surface area contributed by atoms with Gasteiger partial charge in [0.1, 0.15) is 0 Å². The van der Waals surface area contributed by atoms with Gasteiger partial charge in [0.05, 0.1) is 5.56 Å². The standard InChI is InChI=1S/C19H18BrNO3/c20-15-7-5-13(6-8-15)16-11-17(16)18(22)21-10-9-12-1-3-14(4-2-12)19(23)24/h1-8,16-17H,9-11H2,(H,21,22)(H,23,24). The van der Waals surface area contributed by atoms with Crippen molar-refractivity contribution in [2.24, 2.45) is 5.92 Å². The van der Waals surface area contributed by atoms with Crippen molar-refractivity contribution in [3.63, 3.8) is 0 Å². The molecule has 5 heteroatoms. The molecule has 2 atom stereocenters. The van der Waals surface area contributed by atoms with Crippen LogP contribution in [-0.4, -0.2) is 23.5 Å². The number of carbonyl (C=O) groups is 2. The molecule has 2 aromatic rings. The van der Waals surface area contributed by atoms with E-state index in [2.05, 4.69) is 33.4 Å². The van der Waals surface area contributed by atoms with Crippen LogP contribution >= 0.6 is 15.9 Å². The third-order valence-corrected chi connectivity index (χ3v) is 4.87. The van der Waals surface area contributed by atoms with E-state index in [1.807, 2.05) is 12.1 Å². The van der Waals surface area contributed by atoms with Gasteiger partial charge in [-0.25, -0.2) is 4.79 Å². The van der Waals surface area contributed by atoms with E-state index in [0.29, 0.717) is 18.9 Å². The van der Waals surface area contributed by atoms with Crippen LogP contribution in [0.5, 0.6) is 0 Å². The number of hydrogen-bond acceptors (Lipinski definition) is 2. The number of amides is 1. The Kier molecular flexibility index (Phi) is 5.00. The summed E-state index contributed by atoms with van der Waals surface area (Å²) in [5.74, 6) is -0.429. The highest BCUT2D eigenvalue weighted by Crippen LogP contribution is 2.47. The summed E-state index contributed by atoms with van der Waals surface area (Å²) in [4.78, 5) is 23.0. The summed E-state index contributed by atoms with van der Waals surface area (Å²) in [5, 5.41) is 11.8. The minimum Gasteiger partial charge on any atom is -0.478 e. The summed E-state index contributed by atoms with van der Waals surface area (Å²) in [6, 6.07) is 14.9. The van der Waals surface area contributed by atoms with E-state index in [0.717, 1.165) is 16.5 Å². The third kappa shape index (κ3) is 4.03. The molecule has 1 aliphatic rings. The second-order valence-electron chi connectivity index (χ2n) is 6.04. The van der Waals surface area contributed by atoms with Gasteiger partial charge in [0.25, 0.3) is 0 Å². The lowest BCUT2D eigenvalue weighted by Gasteiger charge is -2.06. The third-order valence-electron chi connectivity index (χ3n) is 4.34. The van der Waals surface area contributed by atoms with Gasteiger partial charge >= 0.3 is 5.97 Å². The molecule has 0 radical (unpaired) electrons. The van der Waals surface area contributed by atoms with Crippen LogP contribution < -0.4 is 5.32 Å². The smallest absolute Gasteiger partial charge is 0.335 e. The lowest BCUT2D eigenvalue weighted by atomic mass is 10.1. The Morgan fingerprint density at radius 1 is 1.08 bits per heavy atom. The van der Waals surface area contributed by atoms with E-state index < -0.39 is 5.97 Å². The van der Waals surface area contributed by atoms with Gasteiger partial charge in [-0.15, -0.1) is 0 Å². The lowest BCUT2D eigenvalue weighted by Crippen LogP contribution is -2.27. The number of hydrogen-bond donors (Lipinski definition) is 2. The molecule has 0 bridgehead atoms. The first-order valence-corrected chi connectivity index (χ1v) is 8.69. The molecule has 2 unspecified atom stereocenters. The van der Waals surface area contributed by atoms with E-state index in [9.17, 15) is 9.59 Å². The fourth-order valence-corrected chi connectivity index (χ4v) is 3.10. The van der Waals surface area contributed by atoms with Gasteiger partial charge in [-0.3, -0.25) is 4.79 Å². The number of carboxylic acid groups (broad SMARTS) is 1. The van der Waals surface area contributed by atoms with E-state index in [-0.39, 0.29) is 17.4 Å². The molecule has 124 valence electrons. The second kappa shape index (κ2) is 7.18. The molecule has 1 amide bonds. The molecular formula is C19H18BrNO3. The zero-order valence-electron chi connectivity index (χ0n) is 13.0. The first kappa shape index (κ1) is 16.7. The predicted molar refractivity (Wildman–Crippen MR) is 95.1 cm³/mol. The van der Waals surface area contributed by atoms with Gasteiger partial charge in [0.15, 0.2) is 0 Å². The average Bonchev–Trinajstić information content (AvgIpc) is 3.36. The number of halogens is 1. The predicted octanol–water partition coefficient (Wildman–Crippen LogP) is 3.61. The normalized spacial score (nSPS) is 18.9. The van der Waals surface area contributed by atoms with Crippen LogP contribution in [0.3, 0.4) is 0 Å². The summed E-state index contributed by atoms with van der Waals surface area (Å²) in [7, 11) is 0. The van der Waals surface area contributed by atoms with Gasteiger partial charge in [0.2, 0.25) is 5.91 Å². The molecule has 1 fully saturated rings. The number of carboxylic acids is 1. The first-order chi connectivity index (χ1) is 11.5. The average molecular weight is 388 g/mol. The molecule has 2 aromatic carbocycles. The van der Waals surface area contributed by atoms with Crippen molar-refractivity contribution >= 4 is 27.8 Å². The minimum absolute atomic E-state index is 0.0700. The number of carbonyl (C=O) groups excluding carboxylic acids is 1. The topological polar surface area (TPSA) is 66.4 Å². The maximum atomic E-state index is 12.2. The Morgan fingerprint density at radius 2 is 1.75 bits per heavy atom. The van der Waals surface area contributed by atoms with Crippen molar-refractivity contribution in [2.75, 3.05) is 6.54 Å². The van der Waals surface area contributed by atoms with Crippen LogP contribution in [-0.2, 0) is 11.2 Å². The van der Waals surface area contributed by atoms with Crippen molar-refractivity contribution in [2.45, 2.75) is 18.8 Å². The van der Waals surface area contributed by atoms with Crippen molar-refractivity contribution in [3.05, 3.63) is 69.7 Å². The number of aromatic carboxylic acids is 1. The zero-order chi connectivity index (χ0) is 17.1. The van der Waals surface area contributed by atoms with Crippen LogP contribution in [0.25, 0.3) is 0 Å². The largest absolute Gasteiger partial charge is 0.478 e. The molecule has 3 rings (SSSR count). The molecule has 0 spiro atoms. The Morgan fingerprint density at radius 3 is 2.38 bits per heavy atom. The second-order valence-corrected chi connectivity index (χ2v) is 6.96. The number of rotatable bonds is 6. The van der Waals surface area contributed by atoms with Crippen LogP contribution in [0.4, 0.5) is 0 Å². The summed E-state index contributed by atoms with van der Waals surface area (Å²) >= 11 is 3.42. The molecule has 24 heavy (non-hydrogen) atoms. The van der Waals surface area contributed by atoms with E-state index in [1.54, 1.807) is 24.3 Å². The van der Waals surface area contributed by atoms with Gasteiger partial charge in [-0.05, 0) is 54.2 Å². The maximum Gasteiger partial charge on any atom is 0.335 e. The highest BCUT2D eigenvalue weighted by molar-refractivity contribution is 9.10. The summed E-state index contributed by atoms with van der Waals surface area (Å²) in [5.41, 5.74) is 2.50. The van der Waals surface area contributed by atoms with Gasteiger partial charge < -0.3 is 10.4 Å².